The fourth-order valence-corrected chi connectivity index (χ4v) is 4.70. The number of halogens is 1. The second-order valence-corrected chi connectivity index (χ2v) is 8.25. The summed E-state index contributed by atoms with van der Waals surface area (Å²) < 4.78 is 1.81. The predicted molar refractivity (Wildman–Crippen MR) is 116 cm³/mol. The molecule has 152 valence electrons. The maximum atomic E-state index is 12.5. The summed E-state index contributed by atoms with van der Waals surface area (Å²) in [6.07, 6.45) is 7.28. The Morgan fingerprint density at radius 1 is 1.21 bits per heavy atom. The lowest BCUT2D eigenvalue weighted by Gasteiger charge is -2.21. The first kappa shape index (κ1) is 20.0. The van der Waals surface area contributed by atoms with Gasteiger partial charge in [-0.2, -0.15) is 0 Å². The van der Waals surface area contributed by atoms with E-state index in [-0.39, 0.29) is 18.3 Å². The van der Waals surface area contributed by atoms with Crippen molar-refractivity contribution in [2.75, 3.05) is 18.4 Å². The molecule has 2 aromatic heterocycles. The first-order chi connectivity index (χ1) is 13.8. The molecule has 0 bridgehead atoms. The zero-order chi connectivity index (χ0) is 18.9. The van der Waals surface area contributed by atoms with E-state index < -0.39 is 0 Å². The summed E-state index contributed by atoms with van der Waals surface area (Å²) in [6.45, 7) is 1.94. The van der Waals surface area contributed by atoms with E-state index in [0.717, 1.165) is 43.6 Å². The van der Waals surface area contributed by atoms with Crippen molar-refractivity contribution >= 4 is 34.8 Å². The van der Waals surface area contributed by atoms with Crippen LogP contribution in [0.4, 0.5) is 5.13 Å². The highest BCUT2D eigenvalue weighted by molar-refractivity contribution is 7.14. The number of amides is 1. The van der Waals surface area contributed by atoms with Crippen LogP contribution < -0.4 is 10.6 Å². The molecule has 0 radical (unpaired) electrons. The van der Waals surface area contributed by atoms with Crippen LogP contribution in [0.2, 0.25) is 0 Å². The number of hydrogen-bond donors (Lipinski definition) is 2. The standard InChI is InChI=1S/C20H22N6OS.ClH/c27-19(17-11-26(25-24-17)16-6-8-21-9-7-16)23-20-22-18(12-28-20)15-5-4-13-2-1-3-14(13)10-15;/h4-5,10-12,16,21H,1-3,6-9H2,(H,22,23,27);1H. The molecule has 7 nitrogen and oxygen atoms in total. The third kappa shape index (κ3) is 4.19. The van der Waals surface area contributed by atoms with E-state index in [2.05, 4.69) is 44.1 Å². The Kier molecular flexibility index (Phi) is 5.94. The third-order valence-electron chi connectivity index (χ3n) is 5.54. The molecule has 3 heterocycles. The van der Waals surface area contributed by atoms with Crippen molar-refractivity contribution in [2.45, 2.75) is 38.1 Å². The van der Waals surface area contributed by atoms with Gasteiger partial charge in [0.25, 0.3) is 5.91 Å². The predicted octanol–water partition coefficient (Wildman–Crippen LogP) is 3.49. The van der Waals surface area contributed by atoms with Crippen molar-refractivity contribution in [2.24, 2.45) is 0 Å². The number of anilines is 1. The van der Waals surface area contributed by atoms with Gasteiger partial charge in [-0.15, -0.1) is 28.8 Å². The molecule has 0 atom stereocenters. The monoisotopic (exact) mass is 430 g/mol. The number of hydrogen-bond acceptors (Lipinski definition) is 6. The smallest absolute Gasteiger partial charge is 0.279 e. The number of nitrogens with one attached hydrogen (secondary N) is 2. The summed E-state index contributed by atoms with van der Waals surface area (Å²) in [6, 6.07) is 6.86. The summed E-state index contributed by atoms with van der Waals surface area (Å²) in [4.78, 5) is 17.1. The van der Waals surface area contributed by atoms with Crippen LogP contribution in [0, 0.1) is 0 Å². The van der Waals surface area contributed by atoms with E-state index in [0.29, 0.717) is 16.9 Å². The fourth-order valence-electron chi connectivity index (χ4n) is 3.99. The van der Waals surface area contributed by atoms with Crippen molar-refractivity contribution in [3.05, 3.63) is 46.6 Å². The fraction of sp³-hybridized carbons (Fsp3) is 0.400. The first-order valence-corrected chi connectivity index (χ1v) is 10.7. The lowest BCUT2D eigenvalue weighted by Crippen LogP contribution is -2.29. The van der Waals surface area contributed by atoms with E-state index in [4.69, 9.17) is 0 Å². The van der Waals surface area contributed by atoms with Crippen molar-refractivity contribution in [3.63, 3.8) is 0 Å². The van der Waals surface area contributed by atoms with Crippen LogP contribution in [0.5, 0.6) is 0 Å². The van der Waals surface area contributed by atoms with Gasteiger partial charge in [-0.25, -0.2) is 9.67 Å². The van der Waals surface area contributed by atoms with Crippen LogP contribution >= 0.6 is 23.7 Å². The molecule has 1 aliphatic carbocycles. The zero-order valence-corrected chi connectivity index (χ0v) is 17.6. The summed E-state index contributed by atoms with van der Waals surface area (Å²) in [7, 11) is 0. The number of piperidine rings is 1. The highest BCUT2D eigenvalue weighted by Gasteiger charge is 2.19. The van der Waals surface area contributed by atoms with Crippen LogP contribution in [-0.2, 0) is 12.8 Å². The van der Waals surface area contributed by atoms with Gasteiger partial charge in [0.2, 0.25) is 0 Å². The number of carbonyl (C=O) groups is 1. The molecular formula is C20H23ClN6OS. The number of rotatable bonds is 4. The Morgan fingerprint density at radius 2 is 2.03 bits per heavy atom. The van der Waals surface area contributed by atoms with Crippen LogP contribution in [0.25, 0.3) is 11.3 Å². The van der Waals surface area contributed by atoms with Gasteiger partial charge >= 0.3 is 0 Å². The van der Waals surface area contributed by atoms with Gasteiger partial charge in [-0.1, -0.05) is 17.3 Å². The summed E-state index contributed by atoms with van der Waals surface area (Å²) in [5, 5.41) is 16.9. The molecule has 2 aliphatic rings. The SMILES string of the molecule is Cl.O=C(Nc1nc(-c2ccc3c(c2)CCC3)cs1)c1cn(C2CCNCC2)nn1. The maximum absolute atomic E-state index is 12.5. The van der Waals surface area contributed by atoms with Gasteiger partial charge in [0.15, 0.2) is 10.8 Å². The van der Waals surface area contributed by atoms with Gasteiger partial charge in [-0.3, -0.25) is 10.1 Å². The highest BCUT2D eigenvalue weighted by Crippen LogP contribution is 2.30. The van der Waals surface area contributed by atoms with Gasteiger partial charge in [0.05, 0.1) is 17.9 Å². The molecule has 0 unspecified atom stereocenters. The lowest BCUT2D eigenvalue weighted by atomic mass is 10.1. The molecular weight excluding hydrogens is 408 g/mol. The number of nitrogens with zero attached hydrogens (tertiary/aromatic N) is 4. The molecule has 0 saturated carbocycles. The number of carbonyl (C=O) groups excluding carboxylic acids is 1. The molecule has 2 N–H and O–H groups in total. The molecule has 1 saturated heterocycles. The molecule has 3 aromatic rings. The maximum Gasteiger partial charge on any atom is 0.279 e. The largest absolute Gasteiger partial charge is 0.317 e. The van der Waals surface area contributed by atoms with Gasteiger partial charge in [0.1, 0.15) is 0 Å². The summed E-state index contributed by atoms with van der Waals surface area (Å²) in [5.41, 5.74) is 5.20. The number of aromatic nitrogens is 4. The van der Waals surface area contributed by atoms with E-state index in [1.54, 1.807) is 6.20 Å². The summed E-state index contributed by atoms with van der Waals surface area (Å²) in [5.74, 6) is -0.268. The molecule has 1 amide bonds. The van der Waals surface area contributed by atoms with Crippen molar-refractivity contribution in [3.8, 4) is 11.3 Å². The van der Waals surface area contributed by atoms with Crippen LogP contribution in [0.1, 0.15) is 46.9 Å². The minimum atomic E-state index is -0.268. The highest BCUT2D eigenvalue weighted by atomic mass is 35.5. The van der Waals surface area contributed by atoms with Crippen molar-refractivity contribution in [1.82, 2.24) is 25.3 Å². The average molecular weight is 431 g/mol. The van der Waals surface area contributed by atoms with Crippen LogP contribution in [0.15, 0.2) is 29.8 Å². The van der Waals surface area contributed by atoms with Crippen LogP contribution in [0.3, 0.4) is 0 Å². The van der Waals surface area contributed by atoms with Gasteiger partial charge in [-0.05, 0) is 62.4 Å². The van der Waals surface area contributed by atoms with Crippen molar-refractivity contribution in [1.29, 1.82) is 0 Å². The molecule has 9 heteroatoms. The first-order valence-electron chi connectivity index (χ1n) is 9.78. The van der Waals surface area contributed by atoms with Gasteiger partial charge in [0, 0.05) is 10.9 Å². The topological polar surface area (TPSA) is 84.7 Å². The number of fused-ring (bicyclic) bond motifs is 1. The van der Waals surface area contributed by atoms with E-state index >= 15 is 0 Å². The normalized spacial score (nSPS) is 16.3. The minimum absolute atomic E-state index is 0. The molecule has 29 heavy (non-hydrogen) atoms. The van der Waals surface area contributed by atoms with E-state index in [9.17, 15) is 4.79 Å². The molecule has 1 aromatic carbocycles. The number of benzene rings is 1. The van der Waals surface area contributed by atoms with Crippen LogP contribution in [-0.4, -0.2) is 39.0 Å². The average Bonchev–Trinajstić information content (AvgIpc) is 3.48. The number of thiazole rings is 1. The van der Waals surface area contributed by atoms with Gasteiger partial charge < -0.3 is 5.32 Å². The Balaban J connectivity index is 0.00000205. The Labute approximate surface area is 179 Å². The molecule has 1 fully saturated rings. The van der Waals surface area contributed by atoms with Crippen molar-refractivity contribution < 1.29 is 4.79 Å². The Bertz CT molecular complexity index is 1010. The molecule has 5 rings (SSSR count). The quantitative estimate of drug-likeness (QED) is 0.661. The number of aryl methyl sites for hydroxylation is 2. The molecule has 0 spiro atoms. The van der Waals surface area contributed by atoms with E-state index in [1.165, 1.54) is 35.3 Å². The summed E-state index contributed by atoms with van der Waals surface area (Å²) >= 11 is 1.43. The van der Waals surface area contributed by atoms with E-state index in [1.807, 2.05) is 10.1 Å². The molecule has 1 aliphatic heterocycles. The third-order valence-corrected chi connectivity index (χ3v) is 6.30. The Morgan fingerprint density at radius 3 is 2.90 bits per heavy atom. The minimum Gasteiger partial charge on any atom is -0.317 e. The Hall–Kier alpha value is -2.29. The second kappa shape index (κ2) is 8.61. The lowest BCUT2D eigenvalue weighted by molar-refractivity contribution is 0.102. The second-order valence-electron chi connectivity index (χ2n) is 7.39. The zero-order valence-electron chi connectivity index (χ0n) is 15.9.